The van der Waals surface area contributed by atoms with Crippen molar-refractivity contribution in [2.24, 2.45) is 0 Å². The van der Waals surface area contributed by atoms with Gasteiger partial charge >= 0.3 is 0 Å². The van der Waals surface area contributed by atoms with Crippen LogP contribution < -0.4 is 0 Å². The van der Waals surface area contributed by atoms with E-state index in [1.165, 1.54) is 15.3 Å². The highest BCUT2D eigenvalue weighted by molar-refractivity contribution is 7.89. The number of aryl methyl sites for hydroxylation is 1. The number of carbonyl (C=O) groups excluding carboxylic acids is 1. The van der Waals surface area contributed by atoms with E-state index in [-0.39, 0.29) is 17.3 Å². The molecule has 3 rings (SSSR count). The van der Waals surface area contributed by atoms with Crippen molar-refractivity contribution >= 4 is 39.1 Å². The van der Waals surface area contributed by atoms with Gasteiger partial charge in [0, 0.05) is 32.2 Å². The van der Waals surface area contributed by atoms with Gasteiger partial charge in [0.05, 0.1) is 28.2 Å². The zero-order chi connectivity index (χ0) is 21.2. The van der Waals surface area contributed by atoms with Crippen molar-refractivity contribution in [2.75, 3.05) is 33.4 Å². The molecule has 9 heteroatoms. The first-order valence-corrected chi connectivity index (χ1v) is 11.3. The van der Waals surface area contributed by atoms with E-state index in [9.17, 15) is 13.2 Å². The highest BCUT2D eigenvalue weighted by atomic mass is 35.5. The van der Waals surface area contributed by atoms with Gasteiger partial charge in [-0.2, -0.15) is 4.31 Å². The maximum Gasteiger partial charge on any atom is 0.253 e. The first-order valence-electron chi connectivity index (χ1n) is 9.08. The smallest absolute Gasteiger partial charge is 0.253 e. The molecule has 1 aliphatic rings. The van der Waals surface area contributed by atoms with Gasteiger partial charge in [-0.25, -0.2) is 8.42 Å². The van der Waals surface area contributed by atoms with E-state index in [2.05, 4.69) is 0 Å². The molecule has 0 unspecified atom stereocenters. The molecule has 6 nitrogen and oxygen atoms in total. The summed E-state index contributed by atoms with van der Waals surface area (Å²) in [5.41, 5.74) is 1.60. The summed E-state index contributed by atoms with van der Waals surface area (Å²) < 4.78 is 32.7. The highest BCUT2D eigenvalue weighted by Gasteiger charge is 2.28. The minimum absolute atomic E-state index is 0.138. The van der Waals surface area contributed by atoms with Gasteiger partial charge in [-0.1, -0.05) is 41.4 Å². The second kappa shape index (κ2) is 9.02. The predicted molar refractivity (Wildman–Crippen MR) is 113 cm³/mol. The number of carbonyl (C=O) groups is 1. The predicted octanol–water partition coefficient (Wildman–Crippen LogP) is 3.59. The standard InChI is InChI=1S/C20H22Cl2N2O4S/c1-14-6-7-15(12-18(14)29(26,27)24-8-10-28-11-9-24)20(25)23(2)13-16-4-3-5-17(21)19(16)22/h3-7,12H,8-11,13H2,1-2H3. The van der Waals surface area contributed by atoms with Crippen molar-refractivity contribution in [2.45, 2.75) is 18.4 Å². The molecule has 2 aromatic rings. The van der Waals surface area contributed by atoms with Gasteiger partial charge in [0.25, 0.3) is 5.91 Å². The number of sulfonamides is 1. The van der Waals surface area contributed by atoms with E-state index in [0.717, 1.165) is 0 Å². The lowest BCUT2D eigenvalue weighted by Gasteiger charge is -2.27. The van der Waals surface area contributed by atoms with E-state index >= 15 is 0 Å². The van der Waals surface area contributed by atoms with Gasteiger partial charge in [-0.15, -0.1) is 0 Å². The second-order valence-corrected chi connectivity index (χ2v) is 9.56. The Balaban J connectivity index is 1.86. The SMILES string of the molecule is Cc1ccc(C(=O)N(C)Cc2cccc(Cl)c2Cl)cc1S(=O)(=O)N1CCOCC1. The third kappa shape index (κ3) is 4.75. The van der Waals surface area contributed by atoms with E-state index in [0.29, 0.717) is 53.0 Å². The average Bonchev–Trinajstić information content (AvgIpc) is 2.71. The summed E-state index contributed by atoms with van der Waals surface area (Å²) in [5, 5.41) is 0.813. The Morgan fingerprint density at radius 1 is 1.17 bits per heavy atom. The van der Waals surface area contributed by atoms with Crippen LogP contribution in [0.25, 0.3) is 0 Å². The molecule has 0 spiro atoms. The van der Waals surface area contributed by atoms with Crippen molar-refractivity contribution in [1.82, 2.24) is 9.21 Å². The minimum Gasteiger partial charge on any atom is -0.379 e. The Bertz CT molecular complexity index is 1020. The molecule has 0 aromatic heterocycles. The summed E-state index contributed by atoms with van der Waals surface area (Å²) in [6, 6.07) is 9.96. The Labute approximate surface area is 181 Å². The Hall–Kier alpha value is -1.64. The van der Waals surface area contributed by atoms with Crippen LogP contribution in [0.2, 0.25) is 10.0 Å². The number of rotatable bonds is 5. The van der Waals surface area contributed by atoms with Gasteiger partial charge in [0.2, 0.25) is 10.0 Å². The molecule has 2 aromatic carbocycles. The topological polar surface area (TPSA) is 66.9 Å². The number of benzene rings is 2. The van der Waals surface area contributed by atoms with Crippen LogP contribution >= 0.6 is 23.2 Å². The Morgan fingerprint density at radius 3 is 2.55 bits per heavy atom. The molecule has 1 amide bonds. The maximum absolute atomic E-state index is 13.0. The quantitative estimate of drug-likeness (QED) is 0.689. The fraction of sp³-hybridized carbons (Fsp3) is 0.350. The fourth-order valence-electron chi connectivity index (χ4n) is 3.16. The first-order chi connectivity index (χ1) is 13.7. The van der Waals surface area contributed by atoms with Crippen molar-refractivity contribution in [3.63, 3.8) is 0 Å². The largest absolute Gasteiger partial charge is 0.379 e. The van der Waals surface area contributed by atoms with Gasteiger partial charge in [0.15, 0.2) is 0 Å². The van der Waals surface area contributed by atoms with E-state index < -0.39 is 10.0 Å². The molecule has 1 saturated heterocycles. The molecule has 0 aliphatic carbocycles. The molecule has 1 fully saturated rings. The zero-order valence-corrected chi connectivity index (χ0v) is 18.5. The summed E-state index contributed by atoms with van der Waals surface area (Å²) in [4.78, 5) is 14.6. The normalized spacial score (nSPS) is 15.3. The molecular formula is C20H22Cl2N2O4S. The van der Waals surface area contributed by atoms with Crippen LogP contribution in [0.15, 0.2) is 41.3 Å². The van der Waals surface area contributed by atoms with Crippen LogP contribution in [-0.4, -0.2) is 56.9 Å². The number of morpholine rings is 1. The zero-order valence-electron chi connectivity index (χ0n) is 16.2. The third-order valence-electron chi connectivity index (χ3n) is 4.81. The summed E-state index contributed by atoms with van der Waals surface area (Å²) >= 11 is 12.3. The molecule has 29 heavy (non-hydrogen) atoms. The molecule has 0 saturated carbocycles. The number of halogens is 2. The molecule has 0 N–H and O–H groups in total. The number of hydrogen-bond donors (Lipinski definition) is 0. The van der Waals surface area contributed by atoms with E-state index in [1.807, 2.05) is 0 Å². The molecule has 0 bridgehead atoms. The van der Waals surface area contributed by atoms with Crippen molar-refractivity contribution in [1.29, 1.82) is 0 Å². The van der Waals surface area contributed by atoms with Crippen molar-refractivity contribution in [3.8, 4) is 0 Å². The molecule has 156 valence electrons. The van der Waals surface area contributed by atoms with Crippen LogP contribution in [0.1, 0.15) is 21.5 Å². The van der Waals surface area contributed by atoms with E-state index in [4.69, 9.17) is 27.9 Å². The van der Waals surface area contributed by atoms with Crippen molar-refractivity contribution < 1.29 is 17.9 Å². The molecular weight excluding hydrogens is 435 g/mol. The monoisotopic (exact) mass is 456 g/mol. The third-order valence-corrected chi connectivity index (χ3v) is 7.71. The maximum atomic E-state index is 13.0. The van der Waals surface area contributed by atoms with Gasteiger partial charge in [-0.3, -0.25) is 4.79 Å². The van der Waals surface area contributed by atoms with Crippen LogP contribution in [0.3, 0.4) is 0 Å². The first kappa shape index (κ1) is 22.1. The Kier molecular flexibility index (Phi) is 6.86. The summed E-state index contributed by atoms with van der Waals surface area (Å²) in [6.45, 7) is 3.29. The lowest BCUT2D eigenvalue weighted by Crippen LogP contribution is -2.41. The molecule has 1 aliphatic heterocycles. The van der Waals surface area contributed by atoms with Crippen molar-refractivity contribution in [3.05, 3.63) is 63.1 Å². The second-order valence-electron chi connectivity index (χ2n) is 6.87. The molecule has 0 atom stereocenters. The summed E-state index contributed by atoms with van der Waals surface area (Å²) in [7, 11) is -2.07. The summed E-state index contributed by atoms with van der Waals surface area (Å²) in [6.07, 6.45) is 0. The lowest BCUT2D eigenvalue weighted by atomic mass is 10.1. The van der Waals surface area contributed by atoms with Crippen LogP contribution in [0.4, 0.5) is 0 Å². The lowest BCUT2D eigenvalue weighted by molar-refractivity contribution is 0.0730. The number of ether oxygens (including phenoxy) is 1. The minimum atomic E-state index is -3.70. The van der Waals surface area contributed by atoms with Crippen LogP contribution in [-0.2, 0) is 21.3 Å². The van der Waals surface area contributed by atoms with Crippen LogP contribution in [0, 0.1) is 6.92 Å². The summed E-state index contributed by atoms with van der Waals surface area (Å²) in [5.74, 6) is -0.306. The molecule has 0 radical (unpaired) electrons. The Morgan fingerprint density at radius 2 is 1.86 bits per heavy atom. The van der Waals surface area contributed by atoms with Gasteiger partial charge < -0.3 is 9.64 Å². The number of amides is 1. The number of hydrogen-bond acceptors (Lipinski definition) is 4. The van der Waals surface area contributed by atoms with Crippen LogP contribution in [0.5, 0.6) is 0 Å². The highest BCUT2D eigenvalue weighted by Crippen LogP contribution is 2.27. The number of nitrogens with zero attached hydrogens (tertiary/aromatic N) is 2. The fourth-order valence-corrected chi connectivity index (χ4v) is 5.19. The van der Waals surface area contributed by atoms with E-state index in [1.54, 1.807) is 44.3 Å². The molecule has 1 heterocycles. The van der Waals surface area contributed by atoms with Gasteiger partial charge in [0.1, 0.15) is 0 Å². The van der Waals surface area contributed by atoms with Gasteiger partial charge in [-0.05, 0) is 36.2 Å². The average molecular weight is 457 g/mol.